The minimum absolute atomic E-state index is 0. The van der Waals surface area contributed by atoms with E-state index in [1.54, 1.807) is 0 Å². The Bertz CT molecular complexity index is 438. The van der Waals surface area contributed by atoms with Crippen LogP contribution in [0.4, 0.5) is 0 Å². The van der Waals surface area contributed by atoms with E-state index in [9.17, 15) is 0 Å². The van der Waals surface area contributed by atoms with E-state index >= 15 is 0 Å². The average molecular weight is 419 g/mol. The standard InChI is InChI=1S/C17H29N3O.HI/c1-5-21-12-6-11-19-16(18)20-13-14-7-9-15(10-8-14)17(2,3)4;/h7-10H,5-6,11-13H2,1-4H3,(H3,18,19,20);1H. The summed E-state index contributed by atoms with van der Waals surface area (Å²) in [4.78, 5) is 4.35. The molecule has 0 aliphatic rings. The molecule has 0 heterocycles. The van der Waals surface area contributed by atoms with Crippen molar-refractivity contribution in [3.63, 3.8) is 0 Å². The fourth-order valence-electron chi connectivity index (χ4n) is 1.88. The number of hydrogen-bond acceptors (Lipinski definition) is 2. The molecule has 0 fully saturated rings. The summed E-state index contributed by atoms with van der Waals surface area (Å²) in [5.41, 5.74) is 8.52. The van der Waals surface area contributed by atoms with Crippen molar-refractivity contribution in [2.75, 3.05) is 19.8 Å². The smallest absolute Gasteiger partial charge is 0.188 e. The number of halogens is 1. The largest absolute Gasteiger partial charge is 0.382 e. The van der Waals surface area contributed by atoms with Crippen LogP contribution < -0.4 is 11.1 Å². The lowest BCUT2D eigenvalue weighted by atomic mass is 9.87. The SMILES string of the molecule is CCOCCCNC(N)=NCc1ccc(C(C)(C)C)cc1.I. The Morgan fingerprint density at radius 3 is 2.41 bits per heavy atom. The normalized spacial score (nSPS) is 11.9. The third-order valence-corrected chi connectivity index (χ3v) is 3.23. The van der Waals surface area contributed by atoms with Crippen LogP contribution in [0.2, 0.25) is 0 Å². The number of rotatable bonds is 7. The Hall–Kier alpha value is -0.820. The lowest BCUT2D eigenvalue weighted by Gasteiger charge is -2.18. The van der Waals surface area contributed by atoms with Gasteiger partial charge in [0.05, 0.1) is 6.54 Å². The third-order valence-electron chi connectivity index (χ3n) is 3.23. The summed E-state index contributed by atoms with van der Waals surface area (Å²) in [5.74, 6) is 0.492. The summed E-state index contributed by atoms with van der Waals surface area (Å²) < 4.78 is 5.26. The molecule has 0 aliphatic carbocycles. The first kappa shape index (κ1) is 21.2. The number of ether oxygens (including phenoxy) is 1. The highest BCUT2D eigenvalue weighted by Gasteiger charge is 2.12. The Kier molecular flexibility index (Phi) is 10.4. The Morgan fingerprint density at radius 1 is 1.23 bits per heavy atom. The van der Waals surface area contributed by atoms with Crippen LogP contribution in [0.3, 0.4) is 0 Å². The number of nitrogens with one attached hydrogen (secondary N) is 1. The predicted octanol–water partition coefficient (Wildman–Crippen LogP) is 3.43. The minimum Gasteiger partial charge on any atom is -0.382 e. The Balaban J connectivity index is 0.00000441. The van der Waals surface area contributed by atoms with Crippen LogP contribution >= 0.6 is 24.0 Å². The molecule has 0 radical (unpaired) electrons. The van der Waals surface area contributed by atoms with Crippen molar-refractivity contribution in [2.24, 2.45) is 10.7 Å². The van der Waals surface area contributed by atoms with Gasteiger partial charge in [0.2, 0.25) is 0 Å². The van der Waals surface area contributed by atoms with Crippen molar-refractivity contribution in [1.82, 2.24) is 5.32 Å². The molecular weight excluding hydrogens is 389 g/mol. The van der Waals surface area contributed by atoms with Gasteiger partial charge in [-0.1, -0.05) is 45.0 Å². The van der Waals surface area contributed by atoms with Gasteiger partial charge < -0.3 is 15.8 Å². The van der Waals surface area contributed by atoms with Crippen molar-refractivity contribution in [3.8, 4) is 0 Å². The second kappa shape index (κ2) is 10.8. The van der Waals surface area contributed by atoms with Gasteiger partial charge in [-0.3, -0.25) is 0 Å². The van der Waals surface area contributed by atoms with E-state index in [0.29, 0.717) is 12.5 Å². The zero-order valence-electron chi connectivity index (χ0n) is 14.2. The van der Waals surface area contributed by atoms with Crippen LogP contribution in [-0.4, -0.2) is 25.7 Å². The third kappa shape index (κ3) is 8.58. The molecule has 1 aromatic carbocycles. The summed E-state index contributed by atoms with van der Waals surface area (Å²) >= 11 is 0. The van der Waals surface area contributed by atoms with Gasteiger partial charge in [0.15, 0.2) is 5.96 Å². The molecule has 0 saturated carbocycles. The molecule has 1 rings (SSSR count). The highest BCUT2D eigenvalue weighted by atomic mass is 127. The lowest BCUT2D eigenvalue weighted by molar-refractivity contribution is 0.145. The molecule has 22 heavy (non-hydrogen) atoms. The molecule has 0 aromatic heterocycles. The Labute approximate surface area is 151 Å². The number of guanidine groups is 1. The molecule has 1 aromatic rings. The Morgan fingerprint density at radius 2 is 1.86 bits per heavy atom. The zero-order valence-corrected chi connectivity index (χ0v) is 16.5. The molecule has 126 valence electrons. The maximum absolute atomic E-state index is 5.83. The van der Waals surface area contributed by atoms with Crippen molar-refractivity contribution >= 4 is 29.9 Å². The first-order valence-electron chi connectivity index (χ1n) is 7.64. The number of aliphatic imine (C=N–C) groups is 1. The maximum Gasteiger partial charge on any atom is 0.188 e. The summed E-state index contributed by atoms with van der Waals surface area (Å²) in [6.07, 6.45) is 0.935. The van der Waals surface area contributed by atoms with E-state index in [0.717, 1.165) is 26.2 Å². The molecule has 0 spiro atoms. The average Bonchev–Trinajstić information content (AvgIpc) is 2.44. The molecular formula is C17H30IN3O. The van der Waals surface area contributed by atoms with Crippen molar-refractivity contribution in [3.05, 3.63) is 35.4 Å². The van der Waals surface area contributed by atoms with Gasteiger partial charge in [0.25, 0.3) is 0 Å². The molecule has 3 N–H and O–H groups in total. The molecule has 0 aliphatic heterocycles. The van der Waals surface area contributed by atoms with Crippen LogP contribution in [0, 0.1) is 0 Å². The first-order valence-corrected chi connectivity index (χ1v) is 7.64. The summed E-state index contributed by atoms with van der Waals surface area (Å²) in [6.45, 7) is 11.5. The van der Waals surface area contributed by atoms with Crippen molar-refractivity contribution in [1.29, 1.82) is 0 Å². The molecule has 4 nitrogen and oxygen atoms in total. The second-order valence-electron chi connectivity index (χ2n) is 6.13. The number of nitrogens with zero attached hydrogens (tertiary/aromatic N) is 1. The summed E-state index contributed by atoms with van der Waals surface area (Å²) in [6, 6.07) is 8.56. The van der Waals surface area contributed by atoms with Crippen LogP contribution in [0.15, 0.2) is 29.3 Å². The number of nitrogens with two attached hydrogens (primary N) is 1. The monoisotopic (exact) mass is 419 g/mol. The quantitative estimate of drug-likeness (QED) is 0.308. The van der Waals surface area contributed by atoms with Gasteiger partial charge in [0, 0.05) is 19.8 Å². The minimum atomic E-state index is 0. The molecule has 0 amide bonds. The van der Waals surface area contributed by atoms with Gasteiger partial charge in [-0.25, -0.2) is 4.99 Å². The highest BCUT2D eigenvalue weighted by molar-refractivity contribution is 14.0. The summed E-state index contributed by atoms with van der Waals surface area (Å²) in [7, 11) is 0. The highest BCUT2D eigenvalue weighted by Crippen LogP contribution is 2.22. The topological polar surface area (TPSA) is 59.6 Å². The van der Waals surface area contributed by atoms with E-state index in [2.05, 4.69) is 55.3 Å². The lowest BCUT2D eigenvalue weighted by Crippen LogP contribution is -2.32. The van der Waals surface area contributed by atoms with Crippen molar-refractivity contribution in [2.45, 2.75) is 46.1 Å². The second-order valence-corrected chi connectivity index (χ2v) is 6.13. The number of hydrogen-bond donors (Lipinski definition) is 2. The van der Waals surface area contributed by atoms with E-state index in [1.807, 2.05) is 6.92 Å². The van der Waals surface area contributed by atoms with E-state index in [1.165, 1.54) is 11.1 Å². The van der Waals surface area contributed by atoms with Gasteiger partial charge in [-0.15, -0.1) is 24.0 Å². The number of benzene rings is 1. The van der Waals surface area contributed by atoms with Gasteiger partial charge in [-0.2, -0.15) is 0 Å². The summed E-state index contributed by atoms with van der Waals surface area (Å²) in [5, 5.41) is 3.10. The van der Waals surface area contributed by atoms with Gasteiger partial charge >= 0.3 is 0 Å². The van der Waals surface area contributed by atoms with Crippen molar-refractivity contribution < 1.29 is 4.74 Å². The van der Waals surface area contributed by atoms with Crippen LogP contribution in [0.25, 0.3) is 0 Å². The fraction of sp³-hybridized carbons (Fsp3) is 0.588. The maximum atomic E-state index is 5.83. The molecule has 0 bridgehead atoms. The predicted molar refractivity (Wildman–Crippen MR) is 105 cm³/mol. The van der Waals surface area contributed by atoms with Crippen LogP contribution in [0.1, 0.15) is 45.2 Å². The fourth-order valence-corrected chi connectivity index (χ4v) is 1.88. The first-order chi connectivity index (χ1) is 9.93. The van der Waals surface area contributed by atoms with E-state index in [-0.39, 0.29) is 29.4 Å². The van der Waals surface area contributed by atoms with Crippen LogP contribution in [0.5, 0.6) is 0 Å². The van der Waals surface area contributed by atoms with Crippen LogP contribution in [-0.2, 0) is 16.7 Å². The van der Waals surface area contributed by atoms with E-state index in [4.69, 9.17) is 10.5 Å². The molecule has 5 heteroatoms. The molecule has 0 unspecified atom stereocenters. The zero-order chi connectivity index (χ0) is 15.7. The molecule has 0 atom stereocenters. The van der Waals surface area contributed by atoms with E-state index < -0.39 is 0 Å². The molecule has 0 saturated heterocycles. The van der Waals surface area contributed by atoms with Gasteiger partial charge in [0.1, 0.15) is 0 Å². The van der Waals surface area contributed by atoms with Gasteiger partial charge in [-0.05, 0) is 29.9 Å².